The monoisotopic (exact) mass is 459 g/mol. The summed E-state index contributed by atoms with van der Waals surface area (Å²) in [5.41, 5.74) is 3.96. The van der Waals surface area contributed by atoms with Gasteiger partial charge >= 0.3 is 0 Å². The van der Waals surface area contributed by atoms with E-state index < -0.39 is 10.0 Å². The van der Waals surface area contributed by atoms with E-state index in [1.807, 2.05) is 23.0 Å². The van der Waals surface area contributed by atoms with Crippen LogP contribution in [0.1, 0.15) is 28.9 Å². The van der Waals surface area contributed by atoms with Gasteiger partial charge in [-0.3, -0.25) is 4.79 Å². The number of carbonyl (C=O) groups excluding carboxylic acids is 1. The molecule has 0 spiro atoms. The molecule has 6 nitrogen and oxygen atoms in total. The van der Waals surface area contributed by atoms with E-state index in [1.165, 1.54) is 4.31 Å². The summed E-state index contributed by atoms with van der Waals surface area (Å²) >= 11 is 3.25. The van der Waals surface area contributed by atoms with E-state index in [0.717, 1.165) is 29.2 Å². The first-order valence-electron chi connectivity index (χ1n) is 9.54. The highest BCUT2D eigenvalue weighted by Gasteiger charge is 2.26. The van der Waals surface area contributed by atoms with Crippen LogP contribution in [0.3, 0.4) is 0 Å². The van der Waals surface area contributed by atoms with Gasteiger partial charge in [-0.25, -0.2) is 13.4 Å². The molecule has 1 saturated heterocycles. The molecule has 0 atom stereocenters. The quantitative estimate of drug-likeness (QED) is 0.527. The fourth-order valence-electron chi connectivity index (χ4n) is 3.16. The van der Waals surface area contributed by atoms with E-state index in [0.29, 0.717) is 24.3 Å². The van der Waals surface area contributed by atoms with Crippen molar-refractivity contribution >= 4 is 44.7 Å². The van der Waals surface area contributed by atoms with E-state index in [4.69, 9.17) is 0 Å². The van der Waals surface area contributed by atoms with Gasteiger partial charge in [0.05, 0.1) is 16.1 Å². The molecule has 0 unspecified atom stereocenters. The van der Waals surface area contributed by atoms with Crippen LogP contribution in [-0.4, -0.2) is 36.7 Å². The van der Waals surface area contributed by atoms with Crippen molar-refractivity contribution in [1.82, 2.24) is 9.29 Å². The number of hydrogen-bond donors (Lipinski definition) is 1. The van der Waals surface area contributed by atoms with Gasteiger partial charge in [0.2, 0.25) is 10.0 Å². The average Bonchev–Trinajstić information content (AvgIpc) is 3.47. The molecule has 3 aromatic rings. The van der Waals surface area contributed by atoms with E-state index in [9.17, 15) is 13.2 Å². The highest BCUT2D eigenvalue weighted by molar-refractivity contribution is 7.98. The van der Waals surface area contributed by atoms with Gasteiger partial charge in [-0.15, -0.1) is 23.1 Å². The molecule has 2 heterocycles. The maximum absolute atomic E-state index is 12.6. The van der Waals surface area contributed by atoms with E-state index in [2.05, 4.69) is 10.3 Å². The lowest BCUT2D eigenvalue weighted by molar-refractivity contribution is 0.102. The van der Waals surface area contributed by atoms with Crippen molar-refractivity contribution < 1.29 is 13.2 Å². The maximum Gasteiger partial charge on any atom is 0.255 e. The minimum absolute atomic E-state index is 0.235. The van der Waals surface area contributed by atoms with Crippen LogP contribution >= 0.6 is 23.1 Å². The molecule has 1 aliphatic heterocycles. The Morgan fingerprint density at radius 1 is 1.07 bits per heavy atom. The summed E-state index contributed by atoms with van der Waals surface area (Å²) < 4.78 is 26.7. The lowest BCUT2D eigenvalue weighted by atomic mass is 10.2. The van der Waals surface area contributed by atoms with Gasteiger partial charge in [-0.05, 0) is 61.4 Å². The van der Waals surface area contributed by atoms with Crippen LogP contribution in [0.4, 0.5) is 5.69 Å². The highest BCUT2D eigenvalue weighted by atomic mass is 32.2. The van der Waals surface area contributed by atoms with Crippen LogP contribution < -0.4 is 5.32 Å². The van der Waals surface area contributed by atoms with Gasteiger partial charge in [0.25, 0.3) is 5.91 Å². The molecular formula is C21H21N3O3S3. The second-order valence-corrected chi connectivity index (χ2v) is 10.6. The Morgan fingerprint density at radius 3 is 2.40 bits per heavy atom. The van der Waals surface area contributed by atoms with E-state index >= 15 is 0 Å². The normalized spacial score (nSPS) is 14.7. The SMILES string of the molecule is O=C(Nc1ccc(S(=O)(=O)N2CCCC2)cc1)c1ccc(SCc2cscn2)cc1. The number of thiazole rings is 1. The van der Waals surface area contributed by atoms with Crippen molar-refractivity contribution in [3.05, 3.63) is 70.7 Å². The summed E-state index contributed by atoms with van der Waals surface area (Å²) in [6.45, 7) is 1.14. The first-order chi connectivity index (χ1) is 14.5. The Balaban J connectivity index is 1.36. The molecule has 0 saturated carbocycles. The summed E-state index contributed by atoms with van der Waals surface area (Å²) in [7, 11) is -3.45. The number of benzene rings is 2. The number of carbonyl (C=O) groups is 1. The van der Waals surface area contributed by atoms with Gasteiger partial charge in [0, 0.05) is 40.4 Å². The molecule has 0 aliphatic carbocycles. The van der Waals surface area contributed by atoms with Crippen LogP contribution in [0.2, 0.25) is 0 Å². The van der Waals surface area contributed by atoms with Crippen molar-refractivity contribution in [2.45, 2.75) is 28.4 Å². The van der Waals surface area contributed by atoms with Crippen LogP contribution in [-0.2, 0) is 15.8 Å². The summed E-state index contributed by atoms with van der Waals surface area (Å²) in [5.74, 6) is 0.558. The lowest BCUT2D eigenvalue weighted by Gasteiger charge is -2.15. The zero-order chi connectivity index (χ0) is 21.0. The molecule has 1 amide bonds. The largest absolute Gasteiger partial charge is 0.322 e. The minimum Gasteiger partial charge on any atom is -0.322 e. The van der Waals surface area contributed by atoms with Gasteiger partial charge in [0.15, 0.2) is 0 Å². The molecule has 0 radical (unpaired) electrons. The first kappa shape index (κ1) is 21.0. The smallest absolute Gasteiger partial charge is 0.255 e. The fourth-order valence-corrected chi connectivity index (χ4v) is 6.14. The molecule has 4 rings (SSSR count). The van der Waals surface area contributed by atoms with Crippen molar-refractivity contribution in [2.24, 2.45) is 0 Å². The number of sulfonamides is 1. The maximum atomic E-state index is 12.6. The first-order valence-corrected chi connectivity index (χ1v) is 12.9. The molecule has 30 heavy (non-hydrogen) atoms. The Bertz CT molecular complexity index is 1090. The van der Waals surface area contributed by atoms with Gasteiger partial charge in [-0.1, -0.05) is 0 Å². The molecule has 2 aromatic carbocycles. The number of hydrogen-bond acceptors (Lipinski definition) is 6. The Morgan fingerprint density at radius 2 is 1.77 bits per heavy atom. The second kappa shape index (κ2) is 9.30. The Kier molecular flexibility index (Phi) is 6.52. The Hall–Kier alpha value is -2.20. The molecule has 1 aliphatic rings. The van der Waals surface area contributed by atoms with Gasteiger partial charge in [0.1, 0.15) is 0 Å². The van der Waals surface area contributed by atoms with Crippen molar-refractivity contribution in [3.8, 4) is 0 Å². The van der Waals surface area contributed by atoms with E-state index in [-0.39, 0.29) is 10.8 Å². The number of amides is 1. The topological polar surface area (TPSA) is 79.4 Å². The molecule has 1 N–H and O–H groups in total. The van der Waals surface area contributed by atoms with Crippen LogP contribution in [0.5, 0.6) is 0 Å². The molecule has 156 valence electrons. The zero-order valence-electron chi connectivity index (χ0n) is 16.2. The summed E-state index contributed by atoms with van der Waals surface area (Å²) in [6.07, 6.45) is 1.80. The van der Waals surface area contributed by atoms with Gasteiger partial charge < -0.3 is 5.32 Å². The molecule has 1 aromatic heterocycles. The van der Waals surface area contributed by atoms with Crippen LogP contribution in [0.15, 0.2) is 69.2 Å². The molecular weight excluding hydrogens is 438 g/mol. The van der Waals surface area contributed by atoms with Crippen LogP contribution in [0.25, 0.3) is 0 Å². The standard InChI is InChI=1S/C21H21N3O3S3/c25-21(16-3-7-19(8-4-16)29-14-18-13-28-15-22-18)23-17-5-9-20(10-6-17)30(26,27)24-11-1-2-12-24/h3-10,13,15H,1-2,11-12,14H2,(H,23,25). The van der Waals surface area contributed by atoms with Gasteiger partial charge in [-0.2, -0.15) is 4.31 Å². The zero-order valence-corrected chi connectivity index (χ0v) is 18.6. The molecule has 9 heteroatoms. The van der Waals surface area contributed by atoms with Crippen LogP contribution in [0, 0.1) is 0 Å². The lowest BCUT2D eigenvalue weighted by Crippen LogP contribution is -2.27. The number of rotatable bonds is 7. The average molecular weight is 460 g/mol. The summed E-state index contributed by atoms with van der Waals surface area (Å²) in [4.78, 5) is 18.1. The minimum atomic E-state index is -3.45. The van der Waals surface area contributed by atoms with Crippen molar-refractivity contribution in [2.75, 3.05) is 18.4 Å². The van der Waals surface area contributed by atoms with Crippen molar-refractivity contribution in [1.29, 1.82) is 0 Å². The summed E-state index contributed by atoms with van der Waals surface area (Å²) in [6, 6.07) is 13.7. The predicted molar refractivity (Wildman–Crippen MR) is 121 cm³/mol. The molecule has 1 fully saturated rings. The number of aromatic nitrogens is 1. The summed E-state index contributed by atoms with van der Waals surface area (Å²) in [5, 5.41) is 4.84. The third-order valence-corrected chi connectivity index (χ3v) is 8.40. The van der Waals surface area contributed by atoms with E-state index in [1.54, 1.807) is 59.5 Å². The predicted octanol–water partition coefficient (Wildman–Crippen LogP) is 4.47. The number of nitrogens with zero attached hydrogens (tertiary/aromatic N) is 2. The number of anilines is 1. The molecule has 0 bridgehead atoms. The highest BCUT2D eigenvalue weighted by Crippen LogP contribution is 2.24. The Labute approximate surface area is 184 Å². The number of thioether (sulfide) groups is 1. The second-order valence-electron chi connectivity index (χ2n) is 6.88. The fraction of sp³-hybridized carbons (Fsp3) is 0.238. The third-order valence-electron chi connectivity index (χ3n) is 4.80. The number of nitrogens with one attached hydrogen (secondary N) is 1. The van der Waals surface area contributed by atoms with Crippen molar-refractivity contribution in [3.63, 3.8) is 0 Å². The third kappa shape index (κ3) is 4.92.